The molecule has 0 bridgehead atoms. The van der Waals surface area contributed by atoms with Crippen LogP contribution in [-0.2, 0) is 0 Å². The third-order valence-corrected chi connectivity index (χ3v) is 2.76. The van der Waals surface area contributed by atoms with Crippen LogP contribution in [0.3, 0.4) is 0 Å². The monoisotopic (exact) mass is 256 g/mol. The molecule has 0 radical (unpaired) electrons. The summed E-state index contributed by atoms with van der Waals surface area (Å²) in [6.07, 6.45) is 1.34. The van der Waals surface area contributed by atoms with Crippen molar-refractivity contribution in [1.29, 1.82) is 0 Å². The predicted octanol–water partition coefficient (Wildman–Crippen LogP) is 3.90. The molecule has 0 atom stereocenters. The Hall–Kier alpha value is -1.19. The summed E-state index contributed by atoms with van der Waals surface area (Å²) < 4.78 is 13.2. The van der Waals surface area contributed by atoms with Crippen LogP contribution >= 0.6 is 23.2 Å². The van der Waals surface area contributed by atoms with Crippen LogP contribution in [0.5, 0.6) is 0 Å². The lowest BCUT2D eigenvalue weighted by atomic mass is 10.1. The highest BCUT2D eigenvalue weighted by Crippen LogP contribution is 2.27. The molecule has 1 heterocycles. The van der Waals surface area contributed by atoms with Crippen LogP contribution in [0.2, 0.25) is 10.2 Å². The van der Waals surface area contributed by atoms with E-state index in [0.29, 0.717) is 27.0 Å². The van der Waals surface area contributed by atoms with Crippen molar-refractivity contribution in [1.82, 2.24) is 9.97 Å². The Morgan fingerprint density at radius 2 is 1.88 bits per heavy atom. The van der Waals surface area contributed by atoms with Gasteiger partial charge in [0.2, 0.25) is 0 Å². The molecule has 2 rings (SSSR count). The van der Waals surface area contributed by atoms with Crippen molar-refractivity contribution < 1.29 is 4.39 Å². The molecule has 2 aromatic rings. The van der Waals surface area contributed by atoms with Gasteiger partial charge in [-0.3, -0.25) is 0 Å². The molecule has 1 aromatic carbocycles. The SMILES string of the molecule is Cc1c(Cl)ncnc1-c1cc(F)cc(Cl)c1. The van der Waals surface area contributed by atoms with E-state index in [4.69, 9.17) is 23.2 Å². The number of benzene rings is 1. The van der Waals surface area contributed by atoms with Gasteiger partial charge in [0.25, 0.3) is 0 Å². The summed E-state index contributed by atoms with van der Waals surface area (Å²) in [5, 5.41) is 0.675. The predicted molar refractivity (Wildman–Crippen MR) is 62.2 cm³/mol. The highest BCUT2D eigenvalue weighted by Gasteiger charge is 2.09. The number of aromatic nitrogens is 2. The lowest BCUT2D eigenvalue weighted by Crippen LogP contribution is -1.92. The standard InChI is InChI=1S/C11H7Cl2FN2/c1-6-10(15-5-16-11(6)13)7-2-8(12)4-9(14)3-7/h2-5H,1H3. The Labute approximate surface area is 102 Å². The first-order valence-electron chi connectivity index (χ1n) is 4.51. The molecule has 0 spiro atoms. The highest BCUT2D eigenvalue weighted by molar-refractivity contribution is 6.31. The second-order valence-corrected chi connectivity index (χ2v) is 4.09. The van der Waals surface area contributed by atoms with Crippen molar-refractivity contribution >= 4 is 23.2 Å². The van der Waals surface area contributed by atoms with Crippen molar-refractivity contribution in [2.45, 2.75) is 6.92 Å². The summed E-state index contributed by atoms with van der Waals surface area (Å²) in [6.45, 7) is 1.77. The van der Waals surface area contributed by atoms with Gasteiger partial charge >= 0.3 is 0 Å². The molecule has 5 heteroatoms. The van der Waals surface area contributed by atoms with Gasteiger partial charge in [-0.05, 0) is 25.1 Å². The number of nitrogens with zero attached hydrogens (tertiary/aromatic N) is 2. The number of hydrogen-bond donors (Lipinski definition) is 0. The van der Waals surface area contributed by atoms with Gasteiger partial charge in [0.1, 0.15) is 17.3 Å². The van der Waals surface area contributed by atoms with Crippen molar-refractivity contribution in [3.8, 4) is 11.3 Å². The van der Waals surface area contributed by atoms with E-state index in [1.807, 2.05) is 0 Å². The molecule has 0 unspecified atom stereocenters. The summed E-state index contributed by atoms with van der Waals surface area (Å²) in [5.74, 6) is -0.406. The zero-order chi connectivity index (χ0) is 11.7. The van der Waals surface area contributed by atoms with E-state index in [2.05, 4.69) is 9.97 Å². The first kappa shape index (κ1) is 11.3. The quantitative estimate of drug-likeness (QED) is 0.724. The summed E-state index contributed by atoms with van der Waals surface area (Å²) in [7, 11) is 0. The number of rotatable bonds is 1. The van der Waals surface area contributed by atoms with Gasteiger partial charge in [-0.15, -0.1) is 0 Å². The second kappa shape index (κ2) is 4.36. The summed E-state index contributed by atoms with van der Waals surface area (Å²) in [6, 6.07) is 4.23. The third-order valence-electron chi connectivity index (χ3n) is 2.16. The maximum Gasteiger partial charge on any atom is 0.135 e. The average Bonchev–Trinajstić information content (AvgIpc) is 2.20. The summed E-state index contributed by atoms with van der Waals surface area (Å²) >= 11 is 11.6. The highest BCUT2D eigenvalue weighted by atomic mass is 35.5. The Kier molecular flexibility index (Phi) is 3.08. The normalized spacial score (nSPS) is 10.5. The maximum atomic E-state index is 13.2. The fourth-order valence-corrected chi connectivity index (χ4v) is 1.77. The summed E-state index contributed by atoms with van der Waals surface area (Å²) in [4.78, 5) is 7.91. The Bertz CT molecular complexity index is 523. The van der Waals surface area contributed by atoms with Crippen molar-refractivity contribution in [2.75, 3.05) is 0 Å². The molecular formula is C11H7Cl2FN2. The van der Waals surface area contributed by atoms with Crippen LogP contribution < -0.4 is 0 Å². The second-order valence-electron chi connectivity index (χ2n) is 3.30. The van der Waals surface area contributed by atoms with Gasteiger partial charge in [0, 0.05) is 16.1 Å². The van der Waals surface area contributed by atoms with E-state index in [0.717, 1.165) is 0 Å². The molecule has 0 aliphatic carbocycles. The maximum absolute atomic E-state index is 13.2. The van der Waals surface area contributed by atoms with Gasteiger partial charge in [0.15, 0.2) is 0 Å². The topological polar surface area (TPSA) is 25.8 Å². The molecule has 0 saturated carbocycles. The minimum Gasteiger partial charge on any atom is -0.236 e. The number of hydrogen-bond acceptors (Lipinski definition) is 2. The first-order chi connectivity index (χ1) is 7.58. The van der Waals surface area contributed by atoms with Gasteiger partial charge in [-0.1, -0.05) is 23.2 Å². The van der Waals surface area contributed by atoms with E-state index >= 15 is 0 Å². The van der Waals surface area contributed by atoms with Crippen LogP contribution in [0.25, 0.3) is 11.3 Å². The Morgan fingerprint density at radius 3 is 2.56 bits per heavy atom. The van der Waals surface area contributed by atoms with Gasteiger partial charge in [-0.25, -0.2) is 14.4 Å². The molecule has 1 aromatic heterocycles. The molecule has 0 saturated heterocycles. The van der Waals surface area contributed by atoms with E-state index in [1.54, 1.807) is 13.0 Å². The molecule has 2 nitrogen and oxygen atoms in total. The Morgan fingerprint density at radius 1 is 1.12 bits per heavy atom. The minimum absolute atomic E-state index is 0.323. The minimum atomic E-state index is -0.406. The fourth-order valence-electron chi connectivity index (χ4n) is 1.41. The van der Waals surface area contributed by atoms with Crippen LogP contribution in [0.1, 0.15) is 5.56 Å². The lowest BCUT2D eigenvalue weighted by Gasteiger charge is -2.06. The lowest BCUT2D eigenvalue weighted by molar-refractivity contribution is 0.628. The first-order valence-corrected chi connectivity index (χ1v) is 5.27. The van der Waals surface area contributed by atoms with Crippen molar-refractivity contribution in [2.24, 2.45) is 0 Å². The third kappa shape index (κ3) is 2.15. The molecule has 0 aliphatic heterocycles. The molecule has 0 amide bonds. The molecule has 82 valence electrons. The van der Waals surface area contributed by atoms with E-state index in [9.17, 15) is 4.39 Å². The van der Waals surface area contributed by atoms with Crippen molar-refractivity contribution in [3.63, 3.8) is 0 Å². The van der Waals surface area contributed by atoms with Gasteiger partial charge in [-0.2, -0.15) is 0 Å². The van der Waals surface area contributed by atoms with E-state index in [1.165, 1.54) is 18.5 Å². The van der Waals surface area contributed by atoms with Crippen LogP contribution in [-0.4, -0.2) is 9.97 Å². The molecule has 0 fully saturated rings. The molecule has 16 heavy (non-hydrogen) atoms. The largest absolute Gasteiger partial charge is 0.236 e. The number of halogens is 3. The zero-order valence-corrected chi connectivity index (χ0v) is 9.85. The average molecular weight is 257 g/mol. The van der Waals surface area contributed by atoms with Gasteiger partial charge < -0.3 is 0 Å². The van der Waals surface area contributed by atoms with Crippen LogP contribution in [0.4, 0.5) is 4.39 Å². The zero-order valence-electron chi connectivity index (χ0n) is 8.34. The molecular weight excluding hydrogens is 250 g/mol. The Balaban J connectivity index is 2.63. The van der Waals surface area contributed by atoms with Crippen molar-refractivity contribution in [3.05, 3.63) is 46.1 Å². The smallest absolute Gasteiger partial charge is 0.135 e. The van der Waals surface area contributed by atoms with Crippen LogP contribution in [0, 0.1) is 12.7 Å². The van der Waals surface area contributed by atoms with Gasteiger partial charge in [0.05, 0.1) is 5.69 Å². The van der Waals surface area contributed by atoms with E-state index in [-0.39, 0.29) is 0 Å². The summed E-state index contributed by atoms with van der Waals surface area (Å²) in [5.41, 5.74) is 1.87. The molecule has 0 aliphatic rings. The van der Waals surface area contributed by atoms with Crippen LogP contribution in [0.15, 0.2) is 24.5 Å². The molecule has 0 N–H and O–H groups in total. The fraction of sp³-hybridized carbons (Fsp3) is 0.0909. The van der Waals surface area contributed by atoms with E-state index < -0.39 is 5.82 Å².